The molecule has 30 heavy (non-hydrogen) atoms. The van der Waals surface area contributed by atoms with Crippen molar-refractivity contribution in [1.82, 2.24) is 0 Å². The topological polar surface area (TPSA) is 57.5 Å². The molecule has 0 aliphatic rings. The molecule has 0 rings (SSSR count). The first-order valence-electron chi connectivity index (χ1n) is 12.9. The van der Waals surface area contributed by atoms with E-state index in [4.69, 9.17) is 5.11 Å². The molecule has 0 saturated carbocycles. The second kappa shape index (κ2) is 18.0. The second-order valence-electron chi connectivity index (χ2n) is 10.5. The predicted molar refractivity (Wildman–Crippen MR) is 129 cm³/mol. The van der Waals surface area contributed by atoms with Crippen LogP contribution in [0.3, 0.4) is 0 Å². The molecule has 0 aromatic carbocycles. The number of quaternary nitrogens is 1. The molecular weight excluding hydrogens is 374 g/mol. The highest BCUT2D eigenvalue weighted by Gasteiger charge is 2.29. The van der Waals surface area contributed by atoms with Gasteiger partial charge >= 0.3 is 5.97 Å². The lowest BCUT2D eigenvalue weighted by Gasteiger charge is -2.36. The fourth-order valence-electron chi connectivity index (χ4n) is 4.60. The molecule has 0 heterocycles. The number of aliphatic carboxylic acids is 1. The molecule has 4 heteroatoms. The lowest BCUT2D eigenvalue weighted by Crippen LogP contribution is -2.50. The SMILES string of the molecule is CCCCCCCCCCCCCCC(C)(O)C[N+](C)(C)CCCCCCC(=O)O. The van der Waals surface area contributed by atoms with Crippen LogP contribution in [0.4, 0.5) is 0 Å². The number of hydrogen-bond donors (Lipinski definition) is 2. The summed E-state index contributed by atoms with van der Waals surface area (Å²) in [5.74, 6) is -0.694. The van der Waals surface area contributed by atoms with E-state index < -0.39 is 11.6 Å². The number of hydrogen-bond acceptors (Lipinski definition) is 2. The predicted octanol–water partition coefficient (Wildman–Crippen LogP) is 6.94. The second-order valence-corrected chi connectivity index (χ2v) is 10.5. The molecule has 2 N–H and O–H groups in total. The van der Waals surface area contributed by atoms with Crippen LogP contribution < -0.4 is 0 Å². The van der Waals surface area contributed by atoms with E-state index in [9.17, 15) is 9.90 Å². The Morgan fingerprint density at radius 3 is 1.67 bits per heavy atom. The van der Waals surface area contributed by atoms with Gasteiger partial charge in [-0.05, 0) is 32.6 Å². The molecule has 0 saturated heterocycles. The summed E-state index contributed by atoms with van der Waals surface area (Å²) in [4.78, 5) is 10.5. The van der Waals surface area contributed by atoms with E-state index >= 15 is 0 Å². The molecule has 0 amide bonds. The van der Waals surface area contributed by atoms with Gasteiger partial charge in [0.15, 0.2) is 0 Å². The van der Waals surface area contributed by atoms with E-state index in [-0.39, 0.29) is 6.42 Å². The Bertz CT molecular complexity index is 407. The molecule has 0 aliphatic carbocycles. The Hall–Kier alpha value is -0.610. The molecule has 0 fully saturated rings. The van der Waals surface area contributed by atoms with E-state index in [2.05, 4.69) is 21.0 Å². The Balaban J connectivity index is 3.67. The Morgan fingerprint density at radius 2 is 1.17 bits per heavy atom. The van der Waals surface area contributed by atoms with Crippen molar-refractivity contribution in [2.75, 3.05) is 27.2 Å². The van der Waals surface area contributed by atoms with Crippen molar-refractivity contribution in [3.8, 4) is 0 Å². The first kappa shape index (κ1) is 29.4. The third-order valence-corrected chi connectivity index (χ3v) is 6.24. The largest absolute Gasteiger partial charge is 0.481 e. The smallest absolute Gasteiger partial charge is 0.303 e. The minimum absolute atomic E-state index is 0.284. The molecule has 1 unspecified atom stereocenters. The van der Waals surface area contributed by atoms with Gasteiger partial charge in [0, 0.05) is 6.42 Å². The van der Waals surface area contributed by atoms with Crippen LogP contribution in [0.15, 0.2) is 0 Å². The van der Waals surface area contributed by atoms with Crippen molar-refractivity contribution in [3.05, 3.63) is 0 Å². The minimum Gasteiger partial charge on any atom is -0.481 e. The average Bonchev–Trinajstić information content (AvgIpc) is 2.64. The number of unbranched alkanes of at least 4 members (excludes halogenated alkanes) is 14. The van der Waals surface area contributed by atoms with Crippen molar-refractivity contribution in [3.63, 3.8) is 0 Å². The first-order valence-corrected chi connectivity index (χ1v) is 12.9. The molecule has 0 spiro atoms. The van der Waals surface area contributed by atoms with E-state index in [1.807, 2.05) is 6.92 Å². The zero-order valence-corrected chi connectivity index (χ0v) is 20.9. The molecule has 0 aliphatic heterocycles. The molecule has 1 atom stereocenters. The Labute approximate surface area is 188 Å². The van der Waals surface area contributed by atoms with Crippen molar-refractivity contribution in [2.45, 2.75) is 135 Å². The van der Waals surface area contributed by atoms with Gasteiger partial charge in [-0.1, -0.05) is 90.4 Å². The number of rotatable bonds is 22. The standard InChI is InChI=1S/C26H53NO3/c1-5-6-7-8-9-10-11-12-13-14-16-19-22-26(2,30)24-27(3,4)23-20-17-15-18-21-25(28)29/h30H,5-24H2,1-4H3/p+1. The summed E-state index contributed by atoms with van der Waals surface area (Å²) in [6.45, 7) is 6.11. The average molecular weight is 429 g/mol. The fourth-order valence-corrected chi connectivity index (χ4v) is 4.60. The van der Waals surface area contributed by atoms with Crippen LogP contribution in [-0.4, -0.2) is 53.5 Å². The zero-order chi connectivity index (χ0) is 22.7. The van der Waals surface area contributed by atoms with Gasteiger partial charge in [0.25, 0.3) is 0 Å². The summed E-state index contributed by atoms with van der Waals surface area (Å²) in [6.07, 6.45) is 21.3. The molecule has 0 aromatic heterocycles. The van der Waals surface area contributed by atoms with Crippen LogP contribution in [0.2, 0.25) is 0 Å². The van der Waals surface area contributed by atoms with Crippen molar-refractivity contribution < 1.29 is 19.5 Å². The van der Waals surface area contributed by atoms with Crippen LogP contribution >= 0.6 is 0 Å². The van der Waals surface area contributed by atoms with Crippen molar-refractivity contribution in [1.29, 1.82) is 0 Å². The number of nitrogens with zero attached hydrogens (tertiary/aromatic N) is 1. The lowest BCUT2D eigenvalue weighted by molar-refractivity contribution is -0.896. The van der Waals surface area contributed by atoms with E-state index in [0.29, 0.717) is 0 Å². The number of carbonyl (C=O) groups is 1. The highest BCUT2D eigenvalue weighted by atomic mass is 16.4. The molecule has 4 nitrogen and oxygen atoms in total. The summed E-state index contributed by atoms with van der Waals surface area (Å²) < 4.78 is 0.837. The van der Waals surface area contributed by atoms with Gasteiger partial charge in [-0.25, -0.2) is 0 Å². The highest BCUT2D eigenvalue weighted by molar-refractivity contribution is 5.66. The maximum Gasteiger partial charge on any atom is 0.303 e. The molecule has 0 bridgehead atoms. The van der Waals surface area contributed by atoms with Gasteiger partial charge in [-0.3, -0.25) is 4.79 Å². The van der Waals surface area contributed by atoms with Crippen molar-refractivity contribution in [2.24, 2.45) is 0 Å². The number of carboxylic acid groups (broad SMARTS) is 1. The van der Waals surface area contributed by atoms with Crippen LogP contribution in [-0.2, 0) is 4.79 Å². The molecular formula is C26H54NO3+. The monoisotopic (exact) mass is 428 g/mol. The van der Waals surface area contributed by atoms with E-state index in [1.165, 1.54) is 70.6 Å². The lowest BCUT2D eigenvalue weighted by atomic mass is 9.96. The molecule has 180 valence electrons. The fraction of sp³-hybridized carbons (Fsp3) is 0.962. The van der Waals surface area contributed by atoms with E-state index in [1.54, 1.807) is 0 Å². The first-order chi connectivity index (χ1) is 14.2. The Morgan fingerprint density at radius 1 is 0.733 bits per heavy atom. The van der Waals surface area contributed by atoms with Crippen LogP contribution in [0, 0.1) is 0 Å². The van der Waals surface area contributed by atoms with Crippen LogP contribution in [0.5, 0.6) is 0 Å². The van der Waals surface area contributed by atoms with Gasteiger partial charge in [-0.2, -0.15) is 0 Å². The van der Waals surface area contributed by atoms with Gasteiger partial charge in [0.05, 0.1) is 20.6 Å². The highest BCUT2D eigenvalue weighted by Crippen LogP contribution is 2.20. The normalized spacial score (nSPS) is 14.0. The molecule has 0 radical (unpaired) electrons. The Kier molecular flexibility index (Phi) is 17.6. The quantitative estimate of drug-likeness (QED) is 0.145. The summed E-state index contributed by atoms with van der Waals surface area (Å²) in [5, 5.41) is 19.5. The van der Waals surface area contributed by atoms with E-state index in [0.717, 1.165) is 56.1 Å². The summed E-state index contributed by atoms with van der Waals surface area (Å²) in [6, 6.07) is 0. The van der Waals surface area contributed by atoms with Crippen LogP contribution in [0.1, 0.15) is 129 Å². The zero-order valence-electron chi connectivity index (χ0n) is 20.9. The summed E-state index contributed by atoms with van der Waals surface area (Å²) >= 11 is 0. The maximum atomic E-state index is 10.8. The third-order valence-electron chi connectivity index (χ3n) is 6.24. The minimum atomic E-state index is -0.694. The number of carboxylic acids is 1. The number of likely N-dealkylation sites (N-methyl/N-ethyl adjacent to an activating group) is 1. The van der Waals surface area contributed by atoms with Gasteiger partial charge in [-0.15, -0.1) is 0 Å². The molecule has 0 aromatic rings. The third kappa shape index (κ3) is 20.7. The summed E-state index contributed by atoms with van der Waals surface area (Å²) in [7, 11) is 4.40. The number of aliphatic hydroxyl groups is 1. The van der Waals surface area contributed by atoms with Gasteiger partial charge in [0.1, 0.15) is 12.1 Å². The summed E-state index contributed by atoms with van der Waals surface area (Å²) in [5.41, 5.74) is -0.592. The van der Waals surface area contributed by atoms with Gasteiger partial charge in [0.2, 0.25) is 0 Å². The van der Waals surface area contributed by atoms with Crippen molar-refractivity contribution >= 4 is 5.97 Å². The maximum absolute atomic E-state index is 10.8. The van der Waals surface area contributed by atoms with Crippen LogP contribution in [0.25, 0.3) is 0 Å². The van der Waals surface area contributed by atoms with Gasteiger partial charge < -0.3 is 14.7 Å².